The van der Waals surface area contributed by atoms with E-state index in [0.29, 0.717) is 11.0 Å². The average Bonchev–Trinajstić information content (AvgIpc) is 2.99. The summed E-state index contributed by atoms with van der Waals surface area (Å²) in [5.41, 5.74) is 0.886. The van der Waals surface area contributed by atoms with Gasteiger partial charge in [0.1, 0.15) is 6.54 Å². The Balaban J connectivity index is 1.89. The van der Waals surface area contributed by atoms with Crippen molar-refractivity contribution in [2.24, 2.45) is 0 Å². The van der Waals surface area contributed by atoms with Crippen LogP contribution in [0, 0.1) is 0 Å². The van der Waals surface area contributed by atoms with Gasteiger partial charge in [-0.3, -0.25) is 14.7 Å². The first-order chi connectivity index (χ1) is 10.6. The van der Waals surface area contributed by atoms with Crippen LogP contribution >= 0.6 is 27.7 Å². The van der Waals surface area contributed by atoms with Crippen LogP contribution < -0.4 is 5.32 Å². The maximum Gasteiger partial charge on any atom is 0.325 e. The molecule has 2 rings (SSSR count). The number of methoxy groups -OCH3 is 1. The largest absolute Gasteiger partial charge is 0.468 e. The number of aromatic amines is 1. The van der Waals surface area contributed by atoms with E-state index in [4.69, 9.17) is 0 Å². The molecule has 0 spiro atoms. The van der Waals surface area contributed by atoms with E-state index in [1.807, 2.05) is 24.3 Å². The van der Waals surface area contributed by atoms with E-state index in [2.05, 4.69) is 41.2 Å². The highest BCUT2D eigenvalue weighted by molar-refractivity contribution is 9.10. The van der Waals surface area contributed by atoms with Crippen molar-refractivity contribution in [3.63, 3.8) is 0 Å². The molecule has 0 aliphatic rings. The lowest BCUT2D eigenvalue weighted by molar-refractivity contribution is -0.140. The number of carbonyl (C=O) groups excluding carboxylic acids is 2. The Morgan fingerprint density at radius 3 is 2.91 bits per heavy atom. The first-order valence-corrected chi connectivity index (χ1v) is 8.01. The zero-order valence-electron chi connectivity index (χ0n) is 11.6. The number of nitrogens with zero attached hydrogens (tertiary/aromatic N) is 2. The number of rotatable bonds is 6. The molecule has 0 atom stereocenters. The molecule has 22 heavy (non-hydrogen) atoms. The normalized spacial score (nSPS) is 10.3. The summed E-state index contributed by atoms with van der Waals surface area (Å²) in [5.74, 6) is -0.0513. The molecule has 0 fully saturated rings. The second kappa shape index (κ2) is 7.95. The molecule has 2 aromatic rings. The lowest BCUT2D eigenvalue weighted by Crippen LogP contribution is -2.31. The SMILES string of the molecule is COC(=O)CNC(=O)CSc1n[nH]c(-c2ccccc2Br)n1. The van der Waals surface area contributed by atoms with Gasteiger partial charge in [-0.25, -0.2) is 4.98 Å². The van der Waals surface area contributed by atoms with Crippen LogP contribution in [0.25, 0.3) is 11.4 Å². The Kier molecular flexibility index (Phi) is 5.96. The third-order valence-electron chi connectivity index (χ3n) is 2.58. The minimum absolute atomic E-state index is 0.115. The van der Waals surface area contributed by atoms with E-state index in [1.165, 1.54) is 18.9 Å². The topological polar surface area (TPSA) is 97.0 Å². The first kappa shape index (κ1) is 16.5. The summed E-state index contributed by atoms with van der Waals surface area (Å²) < 4.78 is 5.33. The smallest absolute Gasteiger partial charge is 0.325 e. The number of carbonyl (C=O) groups is 2. The molecule has 0 radical (unpaired) electrons. The van der Waals surface area contributed by atoms with Gasteiger partial charge in [0.2, 0.25) is 11.1 Å². The van der Waals surface area contributed by atoms with Crippen molar-refractivity contribution in [3.8, 4) is 11.4 Å². The Morgan fingerprint density at radius 1 is 1.41 bits per heavy atom. The van der Waals surface area contributed by atoms with Crippen molar-refractivity contribution >= 4 is 39.6 Å². The first-order valence-electron chi connectivity index (χ1n) is 6.23. The molecule has 0 aliphatic heterocycles. The number of esters is 1. The second-order valence-electron chi connectivity index (χ2n) is 4.09. The second-order valence-corrected chi connectivity index (χ2v) is 5.88. The van der Waals surface area contributed by atoms with E-state index in [-0.39, 0.29) is 18.2 Å². The maximum absolute atomic E-state index is 11.6. The van der Waals surface area contributed by atoms with Gasteiger partial charge in [0.15, 0.2) is 5.82 Å². The highest BCUT2D eigenvalue weighted by atomic mass is 79.9. The molecule has 0 bridgehead atoms. The van der Waals surface area contributed by atoms with Crippen LogP contribution in [0.5, 0.6) is 0 Å². The number of halogens is 1. The van der Waals surface area contributed by atoms with Gasteiger partial charge in [-0.2, -0.15) is 0 Å². The quantitative estimate of drug-likeness (QED) is 0.580. The summed E-state index contributed by atoms with van der Waals surface area (Å²) in [6.07, 6.45) is 0. The van der Waals surface area contributed by atoms with Crippen molar-refractivity contribution in [1.29, 1.82) is 0 Å². The van der Waals surface area contributed by atoms with Crippen LogP contribution in [0.4, 0.5) is 0 Å². The number of nitrogens with one attached hydrogen (secondary N) is 2. The fourth-order valence-electron chi connectivity index (χ4n) is 1.51. The lowest BCUT2D eigenvalue weighted by atomic mass is 10.2. The van der Waals surface area contributed by atoms with Crippen LogP contribution in [0.1, 0.15) is 0 Å². The molecule has 1 aromatic carbocycles. The average molecular weight is 385 g/mol. The number of thioether (sulfide) groups is 1. The fraction of sp³-hybridized carbons (Fsp3) is 0.231. The van der Waals surface area contributed by atoms with Crippen molar-refractivity contribution in [1.82, 2.24) is 20.5 Å². The van der Waals surface area contributed by atoms with Gasteiger partial charge in [0, 0.05) is 10.0 Å². The Bertz CT molecular complexity index is 677. The molecule has 1 amide bonds. The lowest BCUT2D eigenvalue weighted by Gasteiger charge is -2.01. The molecule has 116 valence electrons. The van der Waals surface area contributed by atoms with E-state index in [1.54, 1.807) is 0 Å². The predicted molar refractivity (Wildman–Crippen MR) is 85.3 cm³/mol. The van der Waals surface area contributed by atoms with E-state index >= 15 is 0 Å². The number of hydrogen-bond acceptors (Lipinski definition) is 6. The number of aromatic nitrogens is 3. The summed E-state index contributed by atoms with van der Waals surface area (Å²) in [7, 11) is 1.26. The highest BCUT2D eigenvalue weighted by Crippen LogP contribution is 2.26. The summed E-state index contributed by atoms with van der Waals surface area (Å²) >= 11 is 4.62. The summed E-state index contributed by atoms with van der Waals surface area (Å²) in [6, 6.07) is 7.62. The number of ether oxygens (including phenoxy) is 1. The Hall–Kier alpha value is -1.87. The molecule has 0 saturated carbocycles. The molecule has 0 aliphatic carbocycles. The maximum atomic E-state index is 11.6. The van der Waals surface area contributed by atoms with Gasteiger partial charge < -0.3 is 10.1 Å². The molecule has 2 N–H and O–H groups in total. The summed E-state index contributed by atoms with van der Waals surface area (Å²) in [5, 5.41) is 9.78. The standard InChI is InChI=1S/C13H13BrN4O3S/c1-21-11(20)6-15-10(19)7-22-13-16-12(17-18-13)8-4-2-3-5-9(8)14/h2-5H,6-7H2,1H3,(H,15,19)(H,16,17,18). The monoisotopic (exact) mass is 384 g/mol. The van der Waals surface area contributed by atoms with Crippen LogP contribution in [0.15, 0.2) is 33.9 Å². The molecule has 7 nitrogen and oxygen atoms in total. The van der Waals surface area contributed by atoms with Crippen LogP contribution in [-0.4, -0.2) is 46.5 Å². The van der Waals surface area contributed by atoms with E-state index in [9.17, 15) is 9.59 Å². The molecule has 1 heterocycles. The highest BCUT2D eigenvalue weighted by Gasteiger charge is 2.11. The van der Waals surface area contributed by atoms with E-state index in [0.717, 1.165) is 10.0 Å². The Morgan fingerprint density at radius 2 is 2.18 bits per heavy atom. The van der Waals surface area contributed by atoms with Crippen LogP contribution in [0.2, 0.25) is 0 Å². The van der Waals surface area contributed by atoms with Crippen molar-refractivity contribution in [2.45, 2.75) is 5.16 Å². The van der Waals surface area contributed by atoms with Crippen molar-refractivity contribution in [2.75, 3.05) is 19.4 Å². The van der Waals surface area contributed by atoms with Crippen molar-refractivity contribution < 1.29 is 14.3 Å². The van der Waals surface area contributed by atoms with Gasteiger partial charge in [-0.1, -0.05) is 45.9 Å². The van der Waals surface area contributed by atoms with Crippen molar-refractivity contribution in [3.05, 3.63) is 28.7 Å². The third kappa shape index (κ3) is 4.57. The number of amides is 1. The molecular formula is C13H13BrN4O3S. The van der Waals surface area contributed by atoms with Gasteiger partial charge in [0.25, 0.3) is 0 Å². The summed E-state index contributed by atoms with van der Waals surface area (Å²) in [6.45, 7) is -0.147. The minimum Gasteiger partial charge on any atom is -0.468 e. The zero-order valence-corrected chi connectivity index (χ0v) is 14.0. The fourth-order valence-corrected chi connectivity index (χ4v) is 2.61. The third-order valence-corrected chi connectivity index (χ3v) is 4.12. The van der Waals surface area contributed by atoms with Gasteiger partial charge in [-0.05, 0) is 6.07 Å². The van der Waals surface area contributed by atoms with Gasteiger partial charge in [-0.15, -0.1) is 5.10 Å². The van der Waals surface area contributed by atoms with E-state index < -0.39 is 5.97 Å². The van der Waals surface area contributed by atoms with Gasteiger partial charge >= 0.3 is 5.97 Å². The molecule has 9 heteroatoms. The molecule has 0 unspecified atom stereocenters. The zero-order chi connectivity index (χ0) is 15.9. The summed E-state index contributed by atoms with van der Waals surface area (Å²) in [4.78, 5) is 26.8. The predicted octanol–water partition coefficient (Wildman–Crippen LogP) is 1.62. The molecule has 1 aromatic heterocycles. The number of hydrogen-bond donors (Lipinski definition) is 2. The van der Waals surface area contributed by atoms with Crippen LogP contribution in [-0.2, 0) is 14.3 Å². The van der Waals surface area contributed by atoms with Gasteiger partial charge in [0.05, 0.1) is 12.9 Å². The number of H-pyrrole nitrogens is 1. The molecule has 0 saturated heterocycles. The Labute approximate surface area is 139 Å². The van der Waals surface area contributed by atoms with Crippen LogP contribution in [0.3, 0.4) is 0 Å². The number of benzene rings is 1. The minimum atomic E-state index is -0.493. The molecular weight excluding hydrogens is 372 g/mol.